The van der Waals surface area contributed by atoms with E-state index >= 15 is 0 Å². The molecule has 0 aliphatic carbocycles. The Hall–Kier alpha value is -1.94. The number of benzene rings is 1. The largest absolute Gasteiger partial charge is 0.487 e. The number of halogens is 1. The molecule has 0 aliphatic heterocycles. The van der Waals surface area contributed by atoms with Crippen LogP contribution in [0, 0.1) is 12.7 Å². The van der Waals surface area contributed by atoms with E-state index in [1.165, 1.54) is 12.1 Å². The van der Waals surface area contributed by atoms with Gasteiger partial charge in [-0.2, -0.15) is 0 Å². The average molecular weight is 288 g/mol. The van der Waals surface area contributed by atoms with Gasteiger partial charge in [-0.1, -0.05) is 19.1 Å². The second-order valence-electron chi connectivity index (χ2n) is 5.19. The number of nitrogens with zero attached hydrogens (tertiary/aromatic N) is 1. The molecule has 0 amide bonds. The molecule has 112 valence electrons. The zero-order valence-electron chi connectivity index (χ0n) is 12.5. The number of pyridine rings is 1. The summed E-state index contributed by atoms with van der Waals surface area (Å²) in [6.07, 6.45) is 1.57. The minimum Gasteiger partial charge on any atom is -0.487 e. The van der Waals surface area contributed by atoms with Crippen molar-refractivity contribution >= 4 is 0 Å². The van der Waals surface area contributed by atoms with Gasteiger partial charge in [0.2, 0.25) is 0 Å². The van der Waals surface area contributed by atoms with Crippen LogP contribution in [-0.2, 0) is 13.0 Å². The minimum atomic E-state index is -0.258. The Labute approximate surface area is 125 Å². The number of nitrogens with two attached hydrogens (primary N) is 1. The van der Waals surface area contributed by atoms with Crippen LogP contribution >= 0.6 is 0 Å². The van der Waals surface area contributed by atoms with Crippen molar-refractivity contribution in [1.29, 1.82) is 0 Å². The fourth-order valence-corrected chi connectivity index (χ4v) is 2.06. The fourth-order valence-electron chi connectivity index (χ4n) is 2.06. The van der Waals surface area contributed by atoms with E-state index in [0.717, 1.165) is 23.4 Å². The van der Waals surface area contributed by atoms with Gasteiger partial charge in [-0.3, -0.25) is 4.98 Å². The lowest BCUT2D eigenvalue weighted by atomic mass is 10.1. The predicted molar refractivity (Wildman–Crippen MR) is 81.7 cm³/mol. The Morgan fingerprint density at radius 3 is 2.81 bits per heavy atom. The lowest BCUT2D eigenvalue weighted by molar-refractivity contribution is 0.299. The first-order valence-electron chi connectivity index (χ1n) is 7.18. The number of ether oxygens (including phenoxy) is 1. The molecule has 21 heavy (non-hydrogen) atoms. The molecule has 0 radical (unpaired) electrons. The highest BCUT2D eigenvalue weighted by atomic mass is 19.1. The van der Waals surface area contributed by atoms with Gasteiger partial charge in [-0.15, -0.1) is 0 Å². The van der Waals surface area contributed by atoms with Crippen molar-refractivity contribution < 1.29 is 9.13 Å². The number of aromatic nitrogens is 1. The summed E-state index contributed by atoms with van der Waals surface area (Å²) in [7, 11) is 0. The molecule has 0 saturated carbocycles. The number of hydrogen-bond acceptors (Lipinski definition) is 3. The van der Waals surface area contributed by atoms with E-state index in [2.05, 4.69) is 4.98 Å². The maximum atomic E-state index is 13.2. The first-order valence-corrected chi connectivity index (χ1v) is 7.18. The Kier molecular flexibility index (Phi) is 5.28. The molecule has 4 heteroatoms. The van der Waals surface area contributed by atoms with Crippen molar-refractivity contribution in [2.45, 2.75) is 39.3 Å². The van der Waals surface area contributed by atoms with E-state index in [9.17, 15) is 4.39 Å². The molecule has 1 unspecified atom stereocenters. The topological polar surface area (TPSA) is 48.1 Å². The van der Waals surface area contributed by atoms with Crippen LogP contribution < -0.4 is 10.5 Å². The van der Waals surface area contributed by atoms with Crippen LogP contribution in [-0.4, -0.2) is 11.0 Å². The molecule has 2 N–H and O–H groups in total. The standard InChI is InChI=1S/C17H21FN2O/c1-3-15(19)10-16-17(8-7-12(2)20-16)21-11-13-5-4-6-14(18)9-13/h4-9,15H,3,10-11,19H2,1-2H3. The lowest BCUT2D eigenvalue weighted by Crippen LogP contribution is -2.22. The monoisotopic (exact) mass is 288 g/mol. The van der Waals surface area contributed by atoms with Crippen LogP contribution in [0.5, 0.6) is 5.75 Å². The molecule has 0 bridgehead atoms. The van der Waals surface area contributed by atoms with Gasteiger partial charge >= 0.3 is 0 Å². The molecule has 2 rings (SSSR count). The third-order valence-electron chi connectivity index (χ3n) is 3.33. The third-order valence-corrected chi connectivity index (χ3v) is 3.33. The summed E-state index contributed by atoms with van der Waals surface area (Å²) < 4.78 is 19.0. The Bertz CT molecular complexity index is 601. The molecule has 0 fully saturated rings. The highest BCUT2D eigenvalue weighted by molar-refractivity contribution is 5.30. The molecule has 0 aliphatic rings. The number of rotatable bonds is 6. The summed E-state index contributed by atoms with van der Waals surface area (Å²) in [6.45, 7) is 4.31. The van der Waals surface area contributed by atoms with Crippen molar-refractivity contribution in [3.63, 3.8) is 0 Å². The first kappa shape index (κ1) is 15.4. The van der Waals surface area contributed by atoms with E-state index in [1.807, 2.05) is 32.0 Å². The highest BCUT2D eigenvalue weighted by Crippen LogP contribution is 2.20. The zero-order chi connectivity index (χ0) is 15.2. The van der Waals surface area contributed by atoms with Crippen LogP contribution in [0.15, 0.2) is 36.4 Å². The zero-order valence-corrected chi connectivity index (χ0v) is 12.5. The van der Waals surface area contributed by atoms with Crippen molar-refractivity contribution in [1.82, 2.24) is 4.98 Å². The van der Waals surface area contributed by atoms with Crippen molar-refractivity contribution in [2.75, 3.05) is 0 Å². The van der Waals surface area contributed by atoms with Gasteiger partial charge in [0.25, 0.3) is 0 Å². The Morgan fingerprint density at radius 2 is 2.10 bits per heavy atom. The smallest absolute Gasteiger partial charge is 0.141 e. The molecular weight excluding hydrogens is 267 g/mol. The fraction of sp³-hybridized carbons (Fsp3) is 0.353. The first-order chi connectivity index (χ1) is 10.1. The van der Waals surface area contributed by atoms with Crippen molar-refractivity contribution in [3.8, 4) is 5.75 Å². The van der Waals surface area contributed by atoms with Crippen LogP contribution in [0.1, 0.15) is 30.3 Å². The summed E-state index contributed by atoms with van der Waals surface area (Å²) in [4.78, 5) is 4.51. The van der Waals surface area contributed by atoms with Crippen LogP contribution in [0.4, 0.5) is 4.39 Å². The minimum absolute atomic E-state index is 0.0656. The number of aryl methyl sites for hydroxylation is 1. The second kappa shape index (κ2) is 7.18. The van der Waals surface area contributed by atoms with E-state index in [0.29, 0.717) is 18.8 Å². The van der Waals surface area contributed by atoms with Gasteiger partial charge in [0, 0.05) is 18.2 Å². The summed E-state index contributed by atoms with van der Waals surface area (Å²) in [6, 6.07) is 10.3. The van der Waals surface area contributed by atoms with E-state index < -0.39 is 0 Å². The van der Waals surface area contributed by atoms with E-state index in [-0.39, 0.29) is 11.9 Å². The van der Waals surface area contributed by atoms with Gasteiger partial charge in [0.1, 0.15) is 18.2 Å². The van der Waals surface area contributed by atoms with E-state index in [1.54, 1.807) is 6.07 Å². The lowest BCUT2D eigenvalue weighted by Gasteiger charge is -2.14. The molecule has 1 aromatic carbocycles. The predicted octanol–water partition coefficient (Wildman–Crippen LogP) is 3.39. The maximum Gasteiger partial charge on any atom is 0.141 e. The van der Waals surface area contributed by atoms with E-state index in [4.69, 9.17) is 10.5 Å². The molecule has 1 atom stereocenters. The summed E-state index contributed by atoms with van der Waals surface area (Å²) >= 11 is 0. The van der Waals surface area contributed by atoms with Gasteiger partial charge in [-0.05, 0) is 43.2 Å². The van der Waals surface area contributed by atoms with Crippen molar-refractivity contribution in [2.24, 2.45) is 5.73 Å². The van der Waals surface area contributed by atoms with Gasteiger partial charge in [-0.25, -0.2) is 4.39 Å². The molecule has 1 aromatic heterocycles. The SMILES string of the molecule is CCC(N)Cc1nc(C)ccc1OCc1cccc(F)c1. The van der Waals surface area contributed by atoms with Gasteiger partial charge in [0.05, 0.1) is 5.69 Å². The molecule has 0 spiro atoms. The van der Waals surface area contributed by atoms with Gasteiger partial charge in [0.15, 0.2) is 0 Å². The molecule has 0 saturated heterocycles. The summed E-state index contributed by atoms with van der Waals surface area (Å²) in [5.74, 6) is 0.458. The third kappa shape index (κ3) is 4.53. The van der Waals surface area contributed by atoms with Crippen LogP contribution in [0.25, 0.3) is 0 Å². The molecule has 3 nitrogen and oxygen atoms in total. The molecule has 1 heterocycles. The average Bonchev–Trinajstić information content (AvgIpc) is 2.46. The summed E-state index contributed by atoms with van der Waals surface area (Å²) in [5.41, 5.74) is 8.60. The van der Waals surface area contributed by atoms with Crippen molar-refractivity contribution in [3.05, 3.63) is 59.2 Å². The Morgan fingerprint density at radius 1 is 1.29 bits per heavy atom. The number of hydrogen-bond donors (Lipinski definition) is 1. The highest BCUT2D eigenvalue weighted by Gasteiger charge is 2.10. The van der Waals surface area contributed by atoms with Gasteiger partial charge < -0.3 is 10.5 Å². The molecular formula is C17H21FN2O. The quantitative estimate of drug-likeness (QED) is 0.886. The van der Waals surface area contributed by atoms with Crippen LogP contribution in [0.2, 0.25) is 0 Å². The molecule has 2 aromatic rings. The maximum absolute atomic E-state index is 13.2. The second-order valence-corrected chi connectivity index (χ2v) is 5.19. The normalized spacial score (nSPS) is 12.2. The van der Waals surface area contributed by atoms with Crippen LogP contribution in [0.3, 0.4) is 0 Å². The Balaban J connectivity index is 2.11. The summed E-state index contributed by atoms with van der Waals surface area (Å²) in [5, 5.41) is 0.